The molecular weight excluding hydrogens is 450 g/mol. The van der Waals surface area contributed by atoms with Crippen molar-refractivity contribution in [2.45, 2.75) is 43.8 Å². The monoisotopic (exact) mass is 477 g/mol. The lowest BCUT2D eigenvalue weighted by Gasteiger charge is -2.62. The van der Waals surface area contributed by atoms with Gasteiger partial charge in [-0.3, -0.25) is 9.59 Å². The average molecular weight is 478 g/mol. The average Bonchev–Trinajstić information content (AvgIpc) is 3.18. The molecule has 0 radical (unpaired) electrons. The molecular formula is C26H28ClN5O2. The highest BCUT2D eigenvalue weighted by Gasteiger charge is 2.58. The van der Waals surface area contributed by atoms with E-state index in [2.05, 4.69) is 28.7 Å². The molecule has 8 heteroatoms. The Morgan fingerprint density at radius 3 is 2.59 bits per heavy atom. The van der Waals surface area contributed by atoms with Gasteiger partial charge in [0.15, 0.2) is 0 Å². The zero-order chi connectivity index (χ0) is 23.8. The summed E-state index contributed by atoms with van der Waals surface area (Å²) < 4.78 is 1.79. The van der Waals surface area contributed by atoms with Crippen LogP contribution in [0.5, 0.6) is 0 Å². The number of halogens is 1. The molecule has 7 rings (SSSR count). The third-order valence-electron chi connectivity index (χ3n) is 8.48. The van der Waals surface area contributed by atoms with Crippen LogP contribution in [0.15, 0.2) is 35.3 Å². The number of benzene rings is 1. The van der Waals surface area contributed by atoms with E-state index < -0.39 is 6.04 Å². The van der Waals surface area contributed by atoms with Crippen LogP contribution in [0.3, 0.4) is 0 Å². The molecule has 1 aromatic heterocycles. The van der Waals surface area contributed by atoms with Crippen molar-refractivity contribution in [3.63, 3.8) is 0 Å². The van der Waals surface area contributed by atoms with E-state index in [4.69, 9.17) is 11.6 Å². The molecule has 1 saturated heterocycles. The Morgan fingerprint density at radius 2 is 1.97 bits per heavy atom. The summed E-state index contributed by atoms with van der Waals surface area (Å²) in [5.74, 6) is 1.59. The number of amides is 1. The fourth-order valence-corrected chi connectivity index (χ4v) is 6.72. The first-order valence-electron chi connectivity index (χ1n) is 12.0. The number of hydrogen-bond acceptors (Lipinski definition) is 5. The van der Waals surface area contributed by atoms with Crippen LogP contribution in [-0.4, -0.2) is 41.6 Å². The molecule has 2 N–H and O–H groups in total. The molecule has 1 aliphatic heterocycles. The van der Waals surface area contributed by atoms with Crippen LogP contribution in [-0.2, 0) is 5.54 Å². The Kier molecular flexibility index (Phi) is 4.84. The number of aromatic nitrogens is 1. The van der Waals surface area contributed by atoms with Crippen molar-refractivity contribution in [1.29, 1.82) is 5.26 Å². The smallest absolute Gasteiger partial charge is 0.255 e. The molecule has 4 aliphatic carbocycles. The Labute approximate surface area is 203 Å². The lowest BCUT2D eigenvalue weighted by molar-refractivity contribution is -0.0914. The molecule has 4 atom stereocenters. The number of piperidine rings is 1. The third kappa shape index (κ3) is 3.27. The van der Waals surface area contributed by atoms with Gasteiger partial charge in [0.1, 0.15) is 6.07 Å². The standard InChI is InChI=1S/C26H28ClN5O2/c1-14(17-5-3-4-16(10-28)23(17)27)29-25(34)20-13-32(26-7-15(8-26)9-26)22(33)6-21(20)30-24-18-11-31(2)12-19(18)24/h3-6,13-15,18-19,24,30H,7-9,11-12H2,1-2H3,(H,29,34)/t14-,15?,18-,19+,24?,26?/m1/s1. The zero-order valence-electron chi connectivity index (χ0n) is 19.3. The number of carbonyl (C=O) groups excluding carboxylic acids is 1. The Bertz CT molecular complexity index is 1270. The summed E-state index contributed by atoms with van der Waals surface area (Å²) in [6.45, 7) is 3.93. The highest BCUT2D eigenvalue weighted by atomic mass is 35.5. The summed E-state index contributed by atoms with van der Waals surface area (Å²) >= 11 is 6.41. The van der Waals surface area contributed by atoms with Gasteiger partial charge in [0, 0.05) is 36.9 Å². The van der Waals surface area contributed by atoms with Gasteiger partial charge in [0.25, 0.3) is 11.5 Å². The third-order valence-corrected chi connectivity index (χ3v) is 8.90. The number of likely N-dealkylation sites (tertiary alicyclic amines) is 1. The Morgan fingerprint density at radius 1 is 1.26 bits per heavy atom. The molecule has 34 heavy (non-hydrogen) atoms. The van der Waals surface area contributed by atoms with Crippen molar-refractivity contribution in [1.82, 2.24) is 14.8 Å². The normalized spacial score (nSPS) is 31.5. The van der Waals surface area contributed by atoms with Crippen molar-refractivity contribution in [3.05, 3.63) is 62.5 Å². The van der Waals surface area contributed by atoms with Gasteiger partial charge >= 0.3 is 0 Å². The molecule has 4 saturated carbocycles. The van der Waals surface area contributed by atoms with Crippen LogP contribution in [0.4, 0.5) is 5.69 Å². The highest BCUT2D eigenvalue weighted by molar-refractivity contribution is 6.32. The first kappa shape index (κ1) is 21.7. The molecule has 176 valence electrons. The minimum absolute atomic E-state index is 0.0436. The molecule has 2 aromatic rings. The number of nitrogens with zero attached hydrogens (tertiary/aromatic N) is 3. The SMILES string of the molecule is C[C@@H](NC(=O)c1cn(C23CC(C2)C3)c(=O)cc1NC1[C@H]2CN(C)C[C@@H]12)c1cccc(C#N)c1Cl. The second-order valence-electron chi connectivity index (χ2n) is 10.7. The van der Waals surface area contributed by atoms with Gasteiger partial charge in [-0.1, -0.05) is 23.7 Å². The number of fused-ring (bicyclic) bond motifs is 1. The van der Waals surface area contributed by atoms with E-state index in [1.165, 1.54) is 0 Å². The summed E-state index contributed by atoms with van der Waals surface area (Å²) in [5, 5.41) is 16.2. The maximum atomic E-state index is 13.5. The first-order chi connectivity index (χ1) is 16.3. The van der Waals surface area contributed by atoms with Gasteiger partial charge in [-0.25, -0.2) is 0 Å². The van der Waals surface area contributed by atoms with Crippen LogP contribution in [0, 0.1) is 29.1 Å². The number of pyridine rings is 1. The van der Waals surface area contributed by atoms with Gasteiger partial charge in [-0.15, -0.1) is 0 Å². The van der Waals surface area contributed by atoms with E-state index in [1.807, 2.05) is 13.0 Å². The van der Waals surface area contributed by atoms with Gasteiger partial charge in [-0.05, 0) is 62.6 Å². The van der Waals surface area contributed by atoms with Crippen molar-refractivity contribution >= 4 is 23.2 Å². The second kappa shape index (κ2) is 7.59. The van der Waals surface area contributed by atoms with Gasteiger partial charge in [0.2, 0.25) is 0 Å². The quantitative estimate of drug-likeness (QED) is 0.666. The first-order valence-corrected chi connectivity index (χ1v) is 12.4. The maximum Gasteiger partial charge on any atom is 0.255 e. The number of hydrogen-bond donors (Lipinski definition) is 2. The molecule has 5 fully saturated rings. The molecule has 2 heterocycles. The van der Waals surface area contributed by atoms with E-state index in [-0.39, 0.29) is 17.0 Å². The minimum Gasteiger partial charge on any atom is -0.381 e. The number of anilines is 1. The fraction of sp³-hybridized carbons (Fsp3) is 0.500. The maximum absolute atomic E-state index is 13.5. The highest BCUT2D eigenvalue weighted by Crippen LogP contribution is 2.61. The molecule has 1 unspecified atom stereocenters. The summed E-state index contributed by atoms with van der Waals surface area (Å²) in [5.41, 5.74) is 2.02. The molecule has 1 aromatic carbocycles. The minimum atomic E-state index is -0.398. The lowest BCUT2D eigenvalue weighted by Crippen LogP contribution is -2.62. The largest absolute Gasteiger partial charge is 0.381 e. The van der Waals surface area contributed by atoms with Crippen molar-refractivity contribution in [2.24, 2.45) is 17.8 Å². The second-order valence-corrected chi connectivity index (χ2v) is 11.1. The van der Waals surface area contributed by atoms with Crippen molar-refractivity contribution < 1.29 is 4.79 Å². The number of nitrogens with one attached hydrogen (secondary N) is 2. The van der Waals surface area contributed by atoms with Crippen molar-refractivity contribution in [3.8, 4) is 6.07 Å². The lowest BCUT2D eigenvalue weighted by atomic mass is 9.49. The van der Waals surface area contributed by atoms with E-state index in [9.17, 15) is 14.9 Å². The topological polar surface area (TPSA) is 90.2 Å². The molecule has 0 spiro atoms. The zero-order valence-corrected chi connectivity index (χ0v) is 20.1. The predicted octanol–water partition coefficient (Wildman–Crippen LogP) is 3.35. The fourth-order valence-electron chi connectivity index (χ4n) is 6.39. The van der Waals surface area contributed by atoms with Crippen molar-refractivity contribution in [2.75, 3.05) is 25.5 Å². The Hall–Kier alpha value is -2.82. The van der Waals surface area contributed by atoms with Crippen LogP contribution in [0.25, 0.3) is 0 Å². The van der Waals surface area contributed by atoms with Crippen LogP contribution < -0.4 is 16.2 Å². The van der Waals surface area contributed by atoms with Gasteiger partial charge < -0.3 is 20.1 Å². The number of rotatable bonds is 6. The summed E-state index contributed by atoms with van der Waals surface area (Å²) in [6, 6.07) is 8.84. The van der Waals surface area contributed by atoms with E-state index in [1.54, 1.807) is 29.0 Å². The van der Waals surface area contributed by atoms with Gasteiger partial charge in [0.05, 0.1) is 27.9 Å². The van der Waals surface area contributed by atoms with Crippen LogP contribution >= 0.6 is 11.6 Å². The van der Waals surface area contributed by atoms with E-state index in [0.717, 1.165) is 38.3 Å². The van der Waals surface area contributed by atoms with Crippen LogP contribution in [0.1, 0.15) is 53.7 Å². The number of carbonyl (C=O) groups is 1. The van der Waals surface area contributed by atoms with Gasteiger partial charge in [-0.2, -0.15) is 5.26 Å². The summed E-state index contributed by atoms with van der Waals surface area (Å²) in [7, 11) is 2.13. The Balaban J connectivity index is 1.30. The summed E-state index contributed by atoms with van der Waals surface area (Å²) in [6.07, 6.45) is 4.83. The summed E-state index contributed by atoms with van der Waals surface area (Å²) in [4.78, 5) is 28.9. The molecule has 1 amide bonds. The molecule has 5 aliphatic rings. The molecule has 7 nitrogen and oxygen atoms in total. The molecule has 2 bridgehead atoms. The van der Waals surface area contributed by atoms with Crippen LogP contribution in [0.2, 0.25) is 5.02 Å². The predicted molar refractivity (Wildman–Crippen MR) is 130 cm³/mol. The number of nitriles is 1. The van der Waals surface area contributed by atoms with E-state index >= 15 is 0 Å². The van der Waals surface area contributed by atoms with E-state index in [0.29, 0.717) is 45.3 Å².